The smallest absolute Gasteiger partial charge is 0.305 e. The second-order valence-corrected chi connectivity index (χ2v) is 12.7. The number of aliphatic hydroxyl groups is 1. The normalized spacial score (nSPS) is 33.7. The predicted octanol–water partition coefficient (Wildman–Crippen LogP) is 5.36. The standard InChI is InChI=1S/C31H57N3O4/c1-2-3-4-5-12-17-28(36)38-21-20-37-25-18-19-26(27(35)22-25)31-33-29(23-13-8-6-9-14-23)32-30(34-31)24-15-10-7-11-16-24/h23-27,29-35H,2-22H2,1H3. The maximum Gasteiger partial charge on any atom is 0.305 e. The van der Waals surface area contributed by atoms with Crippen LogP contribution in [0.1, 0.15) is 129 Å². The zero-order valence-electron chi connectivity index (χ0n) is 24.1. The summed E-state index contributed by atoms with van der Waals surface area (Å²) in [5.74, 6) is 1.46. The first kappa shape index (κ1) is 30.2. The molecule has 5 atom stereocenters. The molecule has 0 bridgehead atoms. The van der Waals surface area contributed by atoms with Crippen molar-refractivity contribution in [2.24, 2.45) is 17.8 Å². The lowest BCUT2D eigenvalue weighted by Gasteiger charge is -2.50. The lowest BCUT2D eigenvalue weighted by atomic mass is 9.79. The van der Waals surface area contributed by atoms with Crippen molar-refractivity contribution in [2.45, 2.75) is 160 Å². The summed E-state index contributed by atoms with van der Waals surface area (Å²) < 4.78 is 11.4. The fourth-order valence-corrected chi connectivity index (χ4v) is 7.44. The molecule has 1 heterocycles. The number of rotatable bonds is 13. The van der Waals surface area contributed by atoms with E-state index in [9.17, 15) is 9.90 Å². The van der Waals surface area contributed by atoms with Crippen LogP contribution in [0, 0.1) is 17.8 Å². The number of nitrogens with one attached hydrogen (secondary N) is 3. The molecule has 3 saturated carbocycles. The van der Waals surface area contributed by atoms with Crippen molar-refractivity contribution in [1.29, 1.82) is 0 Å². The van der Waals surface area contributed by atoms with Crippen molar-refractivity contribution < 1.29 is 19.4 Å². The highest BCUT2D eigenvalue weighted by Crippen LogP contribution is 2.34. The minimum Gasteiger partial charge on any atom is -0.463 e. The Kier molecular flexibility index (Phi) is 13.1. The van der Waals surface area contributed by atoms with Crippen LogP contribution < -0.4 is 16.0 Å². The third-order valence-electron chi connectivity index (χ3n) is 9.75. The maximum atomic E-state index is 11.9. The molecular formula is C31H57N3O4. The average molecular weight is 536 g/mol. The molecule has 0 aromatic rings. The third-order valence-corrected chi connectivity index (χ3v) is 9.75. The molecule has 0 aromatic carbocycles. The topological polar surface area (TPSA) is 91.9 Å². The quantitative estimate of drug-likeness (QED) is 0.186. The second-order valence-electron chi connectivity index (χ2n) is 12.7. The van der Waals surface area contributed by atoms with Gasteiger partial charge in [0.25, 0.3) is 0 Å². The van der Waals surface area contributed by atoms with Crippen LogP contribution in [-0.4, -0.2) is 55.0 Å². The molecule has 0 aromatic heterocycles. The summed E-state index contributed by atoms with van der Waals surface area (Å²) in [5, 5.41) is 23.0. The van der Waals surface area contributed by atoms with E-state index in [4.69, 9.17) is 9.47 Å². The number of unbranched alkanes of at least 4 members (excludes halogenated alkanes) is 4. The van der Waals surface area contributed by atoms with E-state index in [2.05, 4.69) is 22.9 Å². The molecule has 0 spiro atoms. The Morgan fingerprint density at radius 3 is 1.95 bits per heavy atom. The van der Waals surface area contributed by atoms with Gasteiger partial charge >= 0.3 is 5.97 Å². The summed E-state index contributed by atoms with van der Waals surface area (Å²) in [5.41, 5.74) is 0. The molecule has 3 aliphatic carbocycles. The van der Waals surface area contributed by atoms with Crippen molar-refractivity contribution in [3.63, 3.8) is 0 Å². The molecular weight excluding hydrogens is 478 g/mol. The van der Waals surface area contributed by atoms with Crippen LogP contribution in [0.15, 0.2) is 0 Å². The second kappa shape index (κ2) is 16.5. The monoisotopic (exact) mass is 535 g/mol. The van der Waals surface area contributed by atoms with Crippen molar-refractivity contribution in [2.75, 3.05) is 13.2 Å². The lowest BCUT2D eigenvalue weighted by molar-refractivity contribution is -0.147. The highest BCUT2D eigenvalue weighted by Gasteiger charge is 2.42. The maximum absolute atomic E-state index is 11.9. The first-order chi connectivity index (χ1) is 18.6. The van der Waals surface area contributed by atoms with E-state index in [0.717, 1.165) is 25.7 Å². The highest BCUT2D eigenvalue weighted by atomic mass is 16.6. The first-order valence-corrected chi connectivity index (χ1v) is 16.4. The van der Waals surface area contributed by atoms with Gasteiger partial charge in [0.1, 0.15) is 6.61 Å². The zero-order chi connectivity index (χ0) is 26.6. The van der Waals surface area contributed by atoms with E-state index in [1.807, 2.05) is 0 Å². The summed E-state index contributed by atoms with van der Waals surface area (Å²) >= 11 is 0. The average Bonchev–Trinajstić information content (AvgIpc) is 2.96. The minimum atomic E-state index is -0.387. The summed E-state index contributed by atoms with van der Waals surface area (Å²) in [6, 6.07) is 0. The van der Waals surface area contributed by atoms with Gasteiger partial charge in [0.15, 0.2) is 0 Å². The molecule has 1 aliphatic heterocycles. The first-order valence-electron chi connectivity index (χ1n) is 16.4. The summed E-state index contributed by atoms with van der Waals surface area (Å²) in [6.07, 6.45) is 22.6. The Bertz CT molecular complexity index is 642. The SMILES string of the molecule is CCCCCCCC(=O)OCCOC1CCC(C2NC(C3CCCCC3)NC(C3CCCCC3)N2)C(O)C1. The van der Waals surface area contributed by atoms with Gasteiger partial charge in [0.2, 0.25) is 0 Å². The molecule has 7 heteroatoms. The van der Waals surface area contributed by atoms with Crippen LogP contribution in [0.25, 0.3) is 0 Å². The number of carbonyl (C=O) groups excluding carboxylic acids is 1. The summed E-state index contributed by atoms with van der Waals surface area (Å²) in [7, 11) is 0. The van der Waals surface area contributed by atoms with Gasteiger partial charge in [-0.15, -0.1) is 0 Å². The lowest BCUT2D eigenvalue weighted by Crippen LogP contribution is -2.73. The van der Waals surface area contributed by atoms with Crippen LogP contribution in [0.4, 0.5) is 0 Å². The van der Waals surface area contributed by atoms with E-state index in [1.165, 1.54) is 83.5 Å². The van der Waals surface area contributed by atoms with Gasteiger partial charge in [0.05, 0.1) is 37.3 Å². The van der Waals surface area contributed by atoms with E-state index in [1.54, 1.807) is 0 Å². The highest BCUT2D eigenvalue weighted by molar-refractivity contribution is 5.69. The van der Waals surface area contributed by atoms with Crippen LogP contribution in [0.5, 0.6) is 0 Å². The number of hydrogen-bond acceptors (Lipinski definition) is 7. The van der Waals surface area contributed by atoms with E-state index in [0.29, 0.717) is 50.2 Å². The number of esters is 1. The van der Waals surface area contributed by atoms with Crippen molar-refractivity contribution in [3.8, 4) is 0 Å². The summed E-state index contributed by atoms with van der Waals surface area (Å²) in [6.45, 7) is 2.93. The number of carbonyl (C=O) groups is 1. The van der Waals surface area contributed by atoms with Gasteiger partial charge in [-0.3, -0.25) is 20.7 Å². The molecule has 4 aliphatic rings. The van der Waals surface area contributed by atoms with Gasteiger partial charge in [0, 0.05) is 12.3 Å². The van der Waals surface area contributed by atoms with Crippen LogP contribution >= 0.6 is 0 Å². The molecule has 4 N–H and O–H groups in total. The van der Waals surface area contributed by atoms with E-state index in [-0.39, 0.29) is 30.3 Å². The number of aliphatic hydroxyl groups excluding tert-OH is 1. The van der Waals surface area contributed by atoms with Gasteiger partial charge in [-0.2, -0.15) is 0 Å². The third kappa shape index (κ3) is 9.43. The van der Waals surface area contributed by atoms with E-state index < -0.39 is 0 Å². The Hall–Kier alpha value is -0.730. The van der Waals surface area contributed by atoms with Crippen LogP contribution in [0.3, 0.4) is 0 Å². The minimum absolute atomic E-state index is 0.0407. The van der Waals surface area contributed by atoms with Gasteiger partial charge in [-0.1, -0.05) is 71.1 Å². The largest absolute Gasteiger partial charge is 0.463 e. The Morgan fingerprint density at radius 1 is 0.737 bits per heavy atom. The Labute approximate surface area is 231 Å². The van der Waals surface area contributed by atoms with Gasteiger partial charge < -0.3 is 14.6 Å². The molecule has 5 unspecified atom stereocenters. The fraction of sp³-hybridized carbons (Fsp3) is 0.968. The Morgan fingerprint density at radius 2 is 1.34 bits per heavy atom. The fourth-order valence-electron chi connectivity index (χ4n) is 7.44. The zero-order valence-corrected chi connectivity index (χ0v) is 24.1. The van der Waals surface area contributed by atoms with Crippen molar-refractivity contribution in [3.05, 3.63) is 0 Å². The molecule has 38 heavy (non-hydrogen) atoms. The predicted molar refractivity (Wildman–Crippen MR) is 151 cm³/mol. The molecule has 4 fully saturated rings. The molecule has 220 valence electrons. The summed E-state index contributed by atoms with van der Waals surface area (Å²) in [4.78, 5) is 11.9. The van der Waals surface area contributed by atoms with E-state index >= 15 is 0 Å². The number of ether oxygens (including phenoxy) is 2. The molecule has 7 nitrogen and oxygen atoms in total. The van der Waals surface area contributed by atoms with Crippen molar-refractivity contribution in [1.82, 2.24) is 16.0 Å². The van der Waals surface area contributed by atoms with Crippen molar-refractivity contribution >= 4 is 5.97 Å². The Balaban J connectivity index is 1.20. The molecule has 1 saturated heterocycles. The molecule has 4 rings (SSSR count). The van der Waals surface area contributed by atoms with Crippen LogP contribution in [0.2, 0.25) is 0 Å². The molecule has 0 radical (unpaired) electrons. The number of hydrogen-bond donors (Lipinski definition) is 4. The van der Waals surface area contributed by atoms with Crippen LogP contribution in [-0.2, 0) is 14.3 Å². The molecule has 0 amide bonds. The van der Waals surface area contributed by atoms with Gasteiger partial charge in [-0.05, 0) is 63.2 Å². The van der Waals surface area contributed by atoms with Gasteiger partial charge in [-0.25, -0.2) is 0 Å².